The van der Waals surface area contributed by atoms with Crippen molar-refractivity contribution in [2.75, 3.05) is 4.90 Å². The van der Waals surface area contributed by atoms with Crippen molar-refractivity contribution in [2.45, 2.75) is 37.6 Å². The molecule has 1 aliphatic rings. The second kappa shape index (κ2) is 5.30. The summed E-state index contributed by atoms with van der Waals surface area (Å²) in [6.45, 7) is 0. The van der Waals surface area contributed by atoms with Gasteiger partial charge in [-0.1, -0.05) is 0 Å². The van der Waals surface area contributed by atoms with Crippen LogP contribution in [0.1, 0.15) is 25.7 Å². The third kappa shape index (κ3) is 3.20. The molecule has 0 radical (unpaired) electrons. The third-order valence-electron chi connectivity index (χ3n) is 3.44. The summed E-state index contributed by atoms with van der Waals surface area (Å²) < 4.78 is 52.8. The average Bonchev–Trinajstić information content (AvgIpc) is 2.30. The Hall–Kier alpha value is -1.79. The molecular formula is C13H15F4N3. The number of anilines is 1. The Morgan fingerprint density at radius 3 is 2.10 bits per heavy atom. The minimum atomic E-state index is -2.72. The summed E-state index contributed by atoms with van der Waals surface area (Å²) in [5.41, 5.74) is 5.52. The predicted molar refractivity (Wildman–Crippen MR) is 68.0 cm³/mol. The topological polar surface area (TPSA) is 53.1 Å². The molecule has 0 heterocycles. The maximum atomic E-state index is 13.2. The van der Waals surface area contributed by atoms with Crippen LogP contribution in [0.5, 0.6) is 0 Å². The molecule has 1 aliphatic carbocycles. The molecule has 3 nitrogen and oxygen atoms in total. The molecule has 20 heavy (non-hydrogen) atoms. The van der Waals surface area contributed by atoms with Crippen molar-refractivity contribution >= 4 is 11.6 Å². The highest BCUT2D eigenvalue weighted by molar-refractivity contribution is 5.93. The van der Waals surface area contributed by atoms with E-state index in [1.165, 1.54) is 4.90 Å². The molecule has 110 valence electrons. The Kier molecular flexibility index (Phi) is 3.87. The Morgan fingerprint density at radius 1 is 1.15 bits per heavy atom. The van der Waals surface area contributed by atoms with Crippen LogP contribution in [0.3, 0.4) is 0 Å². The zero-order chi connectivity index (χ0) is 14.9. The van der Waals surface area contributed by atoms with Gasteiger partial charge in [-0.2, -0.15) is 0 Å². The number of hydrogen-bond donors (Lipinski definition) is 2. The Labute approximate surface area is 113 Å². The van der Waals surface area contributed by atoms with Gasteiger partial charge in [0.05, 0.1) is 0 Å². The molecule has 0 amide bonds. The largest absolute Gasteiger partial charge is 0.370 e. The lowest BCUT2D eigenvalue weighted by molar-refractivity contribution is -0.0373. The van der Waals surface area contributed by atoms with Gasteiger partial charge in [-0.05, 0) is 25.0 Å². The van der Waals surface area contributed by atoms with E-state index in [2.05, 4.69) is 0 Å². The molecule has 1 saturated carbocycles. The molecule has 2 rings (SSSR count). The van der Waals surface area contributed by atoms with Crippen LogP contribution in [0.25, 0.3) is 0 Å². The van der Waals surface area contributed by atoms with Gasteiger partial charge in [0.2, 0.25) is 5.92 Å². The van der Waals surface area contributed by atoms with E-state index in [1.807, 2.05) is 0 Å². The standard InChI is InChI=1S/C13H15F4N3/c14-8-5-9(15)7-11(6-8)20(12(18)19)10-1-3-13(16,17)4-2-10/h5-7,10H,1-4H2,(H3,18,19). The van der Waals surface area contributed by atoms with Crippen molar-refractivity contribution in [3.8, 4) is 0 Å². The van der Waals surface area contributed by atoms with Crippen LogP contribution >= 0.6 is 0 Å². The van der Waals surface area contributed by atoms with E-state index >= 15 is 0 Å². The third-order valence-corrected chi connectivity index (χ3v) is 3.44. The molecule has 1 aromatic carbocycles. The molecule has 0 aliphatic heterocycles. The highest BCUT2D eigenvalue weighted by Crippen LogP contribution is 2.36. The van der Waals surface area contributed by atoms with Gasteiger partial charge in [-0.15, -0.1) is 0 Å². The van der Waals surface area contributed by atoms with Crippen molar-refractivity contribution < 1.29 is 17.6 Å². The highest BCUT2D eigenvalue weighted by Gasteiger charge is 2.37. The highest BCUT2D eigenvalue weighted by atomic mass is 19.3. The van der Waals surface area contributed by atoms with Gasteiger partial charge in [0.1, 0.15) is 11.6 Å². The number of benzene rings is 1. The van der Waals surface area contributed by atoms with E-state index in [9.17, 15) is 17.6 Å². The molecule has 1 fully saturated rings. The van der Waals surface area contributed by atoms with Crippen molar-refractivity contribution in [3.05, 3.63) is 29.8 Å². The van der Waals surface area contributed by atoms with E-state index in [4.69, 9.17) is 11.1 Å². The monoisotopic (exact) mass is 289 g/mol. The van der Waals surface area contributed by atoms with Crippen LogP contribution in [0.4, 0.5) is 23.2 Å². The summed E-state index contributed by atoms with van der Waals surface area (Å²) in [4.78, 5) is 1.21. The van der Waals surface area contributed by atoms with Crippen molar-refractivity contribution in [3.63, 3.8) is 0 Å². The number of halogens is 4. The summed E-state index contributed by atoms with van der Waals surface area (Å²) in [5, 5.41) is 7.54. The first-order valence-corrected chi connectivity index (χ1v) is 6.26. The summed E-state index contributed by atoms with van der Waals surface area (Å²) in [5.74, 6) is -4.73. The minimum absolute atomic E-state index is 0.0743. The lowest BCUT2D eigenvalue weighted by atomic mass is 9.91. The summed E-state index contributed by atoms with van der Waals surface area (Å²) in [7, 11) is 0. The molecule has 0 spiro atoms. The second-order valence-corrected chi connectivity index (χ2v) is 4.97. The lowest BCUT2D eigenvalue weighted by Gasteiger charge is -2.37. The molecule has 0 saturated heterocycles. The predicted octanol–water partition coefficient (Wildman–Crippen LogP) is 3.24. The molecule has 0 bridgehead atoms. The zero-order valence-corrected chi connectivity index (χ0v) is 10.7. The Morgan fingerprint density at radius 2 is 1.65 bits per heavy atom. The van der Waals surface area contributed by atoms with E-state index in [0.29, 0.717) is 6.07 Å². The first-order valence-electron chi connectivity index (χ1n) is 6.26. The quantitative estimate of drug-likeness (QED) is 0.499. The fourth-order valence-corrected chi connectivity index (χ4v) is 2.51. The number of alkyl halides is 2. The number of guanidine groups is 1. The van der Waals surface area contributed by atoms with Gasteiger partial charge in [-0.25, -0.2) is 17.6 Å². The fraction of sp³-hybridized carbons (Fsp3) is 0.462. The van der Waals surface area contributed by atoms with Gasteiger partial charge in [0.25, 0.3) is 0 Å². The number of hydrogen-bond acceptors (Lipinski definition) is 1. The van der Waals surface area contributed by atoms with E-state index in [-0.39, 0.29) is 31.4 Å². The molecule has 3 N–H and O–H groups in total. The van der Waals surface area contributed by atoms with Gasteiger partial charge in [0, 0.05) is 30.6 Å². The maximum Gasteiger partial charge on any atom is 0.248 e. The van der Waals surface area contributed by atoms with Crippen LogP contribution in [0.15, 0.2) is 18.2 Å². The van der Waals surface area contributed by atoms with Crippen molar-refractivity contribution in [2.24, 2.45) is 5.73 Å². The fourth-order valence-electron chi connectivity index (χ4n) is 2.51. The summed E-state index contributed by atoms with van der Waals surface area (Å²) >= 11 is 0. The molecular weight excluding hydrogens is 274 g/mol. The van der Waals surface area contributed by atoms with E-state index in [1.54, 1.807) is 0 Å². The van der Waals surface area contributed by atoms with Crippen LogP contribution < -0.4 is 10.6 Å². The van der Waals surface area contributed by atoms with Crippen LogP contribution in [-0.2, 0) is 0 Å². The second-order valence-electron chi connectivity index (χ2n) is 4.97. The Balaban J connectivity index is 2.26. The van der Waals surface area contributed by atoms with Crippen LogP contribution in [-0.4, -0.2) is 17.9 Å². The SMILES string of the molecule is N=C(N)N(c1cc(F)cc(F)c1)C1CCC(F)(F)CC1. The van der Waals surface area contributed by atoms with Crippen LogP contribution in [0, 0.1) is 17.0 Å². The maximum absolute atomic E-state index is 13.2. The lowest BCUT2D eigenvalue weighted by Crippen LogP contribution is -2.47. The average molecular weight is 289 g/mol. The van der Waals surface area contributed by atoms with E-state index in [0.717, 1.165) is 12.1 Å². The Bertz CT molecular complexity index is 488. The van der Waals surface area contributed by atoms with Gasteiger partial charge >= 0.3 is 0 Å². The number of nitrogens with one attached hydrogen (secondary N) is 1. The molecule has 1 aromatic rings. The zero-order valence-electron chi connectivity index (χ0n) is 10.7. The van der Waals surface area contributed by atoms with Crippen molar-refractivity contribution in [1.82, 2.24) is 0 Å². The van der Waals surface area contributed by atoms with Gasteiger partial charge in [-0.3, -0.25) is 5.41 Å². The molecule has 0 aromatic heterocycles. The summed E-state index contributed by atoms with van der Waals surface area (Å²) in [6.07, 6.45) is -0.409. The van der Waals surface area contributed by atoms with Gasteiger partial charge < -0.3 is 10.6 Å². The molecule has 0 atom stereocenters. The smallest absolute Gasteiger partial charge is 0.248 e. The number of rotatable bonds is 2. The number of nitrogens with zero attached hydrogens (tertiary/aromatic N) is 1. The van der Waals surface area contributed by atoms with E-state index < -0.39 is 29.6 Å². The summed E-state index contributed by atoms with van der Waals surface area (Å²) in [6, 6.07) is 2.33. The first kappa shape index (κ1) is 14.6. The van der Waals surface area contributed by atoms with Crippen molar-refractivity contribution in [1.29, 1.82) is 5.41 Å². The van der Waals surface area contributed by atoms with Gasteiger partial charge in [0.15, 0.2) is 5.96 Å². The van der Waals surface area contributed by atoms with Crippen LogP contribution in [0.2, 0.25) is 0 Å². The number of nitrogens with two attached hydrogens (primary N) is 1. The minimum Gasteiger partial charge on any atom is -0.370 e. The molecule has 7 heteroatoms. The first-order chi connectivity index (χ1) is 9.28. The molecule has 0 unspecified atom stereocenters. The normalized spacial score (nSPS) is 18.8.